The monoisotopic (exact) mass is 394 g/mol. The van der Waals surface area contributed by atoms with E-state index in [1.54, 1.807) is 0 Å². The first-order valence-electron chi connectivity index (χ1n) is 11.0. The van der Waals surface area contributed by atoms with Crippen molar-refractivity contribution in [2.24, 2.45) is 0 Å². The molecule has 2 nitrogen and oxygen atoms in total. The Morgan fingerprint density at radius 2 is 1.39 bits per heavy atom. The lowest BCUT2D eigenvalue weighted by atomic mass is 9.45. The fourth-order valence-electron chi connectivity index (χ4n) is 6.40. The molecular weight excluding hydrogens is 375 g/mol. The van der Waals surface area contributed by atoms with Gasteiger partial charge in [-0.3, -0.25) is 0 Å². The first-order chi connectivity index (χ1) is 15.3. The smallest absolute Gasteiger partial charge is 0.332 e. The van der Waals surface area contributed by atoms with Gasteiger partial charge in [0, 0.05) is 38.6 Å². The Hall–Kier alpha value is -3.72. The Bertz CT molecular complexity index is 1770. The van der Waals surface area contributed by atoms with Crippen molar-refractivity contribution >= 4 is 50.5 Å². The molecule has 0 saturated heterocycles. The molecule has 0 bridgehead atoms. The van der Waals surface area contributed by atoms with Crippen molar-refractivity contribution in [2.75, 3.05) is 0 Å². The van der Waals surface area contributed by atoms with E-state index in [1.165, 1.54) is 71.7 Å². The normalized spacial score (nSPS) is 13.4. The van der Waals surface area contributed by atoms with Gasteiger partial charge in [-0.05, 0) is 48.0 Å². The van der Waals surface area contributed by atoms with E-state index in [-0.39, 0.29) is 6.85 Å². The maximum Gasteiger partial charge on any atom is 0.332 e. The molecule has 0 fully saturated rings. The van der Waals surface area contributed by atoms with Crippen LogP contribution in [-0.4, -0.2) is 15.9 Å². The highest BCUT2D eigenvalue weighted by molar-refractivity contribution is 6.89. The van der Waals surface area contributed by atoms with Crippen molar-refractivity contribution in [2.45, 2.75) is 13.8 Å². The van der Waals surface area contributed by atoms with E-state index in [9.17, 15) is 0 Å². The van der Waals surface area contributed by atoms with Gasteiger partial charge in [-0.2, -0.15) is 0 Å². The van der Waals surface area contributed by atoms with Crippen LogP contribution in [0, 0.1) is 13.8 Å². The molecule has 144 valence electrons. The number of hydrogen-bond donors (Lipinski definition) is 0. The summed E-state index contributed by atoms with van der Waals surface area (Å²) in [5.41, 5.74) is 13.7. The van der Waals surface area contributed by atoms with Gasteiger partial charge in [0.15, 0.2) is 0 Å². The van der Waals surface area contributed by atoms with Gasteiger partial charge in [0.25, 0.3) is 0 Å². The van der Waals surface area contributed by atoms with Gasteiger partial charge in [0.1, 0.15) is 0 Å². The minimum atomic E-state index is 0.206. The third-order valence-electron chi connectivity index (χ3n) is 7.75. The second-order valence-electron chi connectivity index (χ2n) is 9.02. The average Bonchev–Trinajstić information content (AvgIpc) is 3.28. The van der Waals surface area contributed by atoms with E-state index >= 15 is 0 Å². The van der Waals surface area contributed by atoms with Crippen LogP contribution in [0.2, 0.25) is 0 Å². The molecule has 2 aliphatic rings. The van der Waals surface area contributed by atoms with Crippen LogP contribution in [-0.2, 0) is 0 Å². The number of hydrogen-bond acceptors (Lipinski definition) is 0. The van der Waals surface area contributed by atoms with Crippen LogP contribution in [0.15, 0.2) is 78.9 Å². The molecule has 3 heteroatoms. The molecule has 0 saturated carbocycles. The van der Waals surface area contributed by atoms with Gasteiger partial charge in [0.2, 0.25) is 0 Å². The molecule has 2 aliphatic heterocycles. The first-order valence-corrected chi connectivity index (χ1v) is 11.0. The van der Waals surface area contributed by atoms with Gasteiger partial charge >= 0.3 is 6.85 Å². The summed E-state index contributed by atoms with van der Waals surface area (Å²) in [4.78, 5) is 0. The number of fused-ring (bicyclic) bond motifs is 7. The molecule has 0 unspecified atom stereocenters. The van der Waals surface area contributed by atoms with Crippen LogP contribution in [0.25, 0.3) is 49.5 Å². The van der Waals surface area contributed by atoms with E-state index in [2.05, 4.69) is 102 Å². The number of rotatable bonds is 0. The van der Waals surface area contributed by atoms with Crippen molar-refractivity contribution in [1.82, 2.24) is 9.05 Å². The lowest BCUT2D eigenvalue weighted by Crippen LogP contribution is -2.55. The fourth-order valence-corrected chi connectivity index (χ4v) is 6.40. The van der Waals surface area contributed by atoms with E-state index in [4.69, 9.17) is 0 Å². The van der Waals surface area contributed by atoms with Crippen molar-refractivity contribution in [3.63, 3.8) is 0 Å². The van der Waals surface area contributed by atoms with Gasteiger partial charge in [-0.15, -0.1) is 0 Å². The molecule has 0 aliphatic carbocycles. The Kier molecular flexibility index (Phi) is 2.65. The van der Waals surface area contributed by atoms with Gasteiger partial charge in [-0.1, -0.05) is 66.7 Å². The molecule has 0 spiro atoms. The largest absolute Gasteiger partial charge is 0.379 e. The number of aromatic nitrogens is 2. The van der Waals surface area contributed by atoms with Crippen LogP contribution in [0.1, 0.15) is 11.3 Å². The second-order valence-corrected chi connectivity index (χ2v) is 9.02. The van der Waals surface area contributed by atoms with E-state index in [0.29, 0.717) is 0 Å². The summed E-state index contributed by atoms with van der Waals surface area (Å²) in [7, 11) is 0. The summed E-state index contributed by atoms with van der Waals surface area (Å²) in [6.07, 6.45) is 0. The molecule has 0 atom stereocenters. The Morgan fingerprint density at radius 3 is 2.32 bits per heavy atom. The standard InChI is InChI=1S/C28H19BN2/c1-16-17(2)31-27-18(16)9-5-11-22(27)20-10-7-15-25-26(20)29(31)23-13-6-12-21-19-8-3-4-14-24(19)30(25)28(21)23/h3-15H,1-2H3. The highest BCUT2D eigenvalue weighted by atomic mass is 15.0. The SMILES string of the molecule is Cc1c(C)n2c3c(cccc13)-c1cccc3c1B2c1cccc2c4ccccc4n-3c12. The number of para-hydroxylation sites is 3. The first kappa shape index (κ1) is 16.0. The zero-order valence-corrected chi connectivity index (χ0v) is 17.5. The van der Waals surface area contributed by atoms with Crippen LogP contribution in [0.3, 0.4) is 0 Å². The molecule has 31 heavy (non-hydrogen) atoms. The van der Waals surface area contributed by atoms with E-state index in [1.807, 2.05) is 0 Å². The third-order valence-corrected chi connectivity index (χ3v) is 7.75. The number of nitrogens with zero attached hydrogens (tertiary/aromatic N) is 2. The highest BCUT2D eigenvalue weighted by Crippen LogP contribution is 2.41. The molecule has 0 N–H and O–H groups in total. The summed E-state index contributed by atoms with van der Waals surface area (Å²) >= 11 is 0. The number of benzene rings is 4. The quantitative estimate of drug-likeness (QED) is 0.309. The lowest BCUT2D eigenvalue weighted by Gasteiger charge is -2.34. The predicted octanol–water partition coefficient (Wildman–Crippen LogP) is 5.30. The Morgan fingerprint density at radius 1 is 0.645 bits per heavy atom. The van der Waals surface area contributed by atoms with E-state index < -0.39 is 0 Å². The predicted molar refractivity (Wildman–Crippen MR) is 132 cm³/mol. The summed E-state index contributed by atoms with van der Waals surface area (Å²) < 4.78 is 5.12. The third kappa shape index (κ3) is 1.64. The van der Waals surface area contributed by atoms with Gasteiger partial charge < -0.3 is 9.05 Å². The van der Waals surface area contributed by atoms with Crippen molar-refractivity contribution in [1.29, 1.82) is 0 Å². The molecule has 2 aromatic heterocycles. The Balaban J connectivity index is 1.69. The van der Waals surface area contributed by atoms with Crippen LogP contribution in [0.4, 0.5) is 0 Å². The molecule has 4 heterocycles. The van der Waals surface area contributed by atoms with Crippen molar-refractivity contribution < 1.29 is 0 Å². The molecule has 6 aromatic rings. The molecule has 8 rings (SSSR count). The molecule has 0 radical (unpaired) electrons. The van der Waals surface area contributed by atoms with Crippen molar-refractivity contribution in [3.05, 3.63) is 90.1 Å². The zero-order valence-electron chi connectivity index (χ0n) is 17.5. The maximum absolute atomic E-state index is 2.61. The van der Waals surface area contributed by atoms with E-state index in [0.717, 1.165) is 0 Å². The molecule has 0 amide bonds. The minimum Gasteiger partial charge on any atom is -0.379 e. The lowest BCUT2D eigenvalue weighted by molar-refractivity contribution is 1.12. The Labute approximate surface area is 180 Å². The van der Waals surface area contributed by atoms with Crippen LogP contribution < -0.4 is 10.9 Å². The van der Waals surface area contributed by atoms with Crippen molar-refractivity contribution in [3.8, 4) is 16.8 Å². The topological polar surface area (TPSA) is 9.86 Å². The minimum absolute atomic E-state index is 0.206. The maximum atomic E-state index is 2.61. The summed E-state index contributed by atoms with van der Waals surface area (Å²) in [5, 5.41) is 4.06. The summed E-state index contributed by atoms with van der Waals surface area (Å²) in [6.45, 7) is 4.77. The summed E-state index contributed by atoms with van der Waals surface area (Å²) in [5.74, 6) is 0. The molecule has 4 aromatic carbocycles. The van der Waals surface area contributed by atoms with Crippen LogP contribution >= 0.6 is 0 Å². The average molecular weight is 394 g/mol. The van der Waals surface area contributed by atoms with Crippen LogP contribution in [0.5, 0.6) is 0 Å². The summed E-state index contributed by atoms with van der Waals surface area (Å²) in [6, 6.07) is 29.4. The van der Waals surface area contributed by atoms with Gasteiger partial charge in [0.05, 0.1) is 11.0 Å². The number of aryl methyl sites for hydroxylation is 1. The van der Waals surface area contributed by atoms with Gasteiger partial charge in [-0.25, -0.2) is 0 Å². The second kappa shape index (κ2) is 5.12. The molecular formula is C28H19BN2. The zero-order chi connectivity index (χ0) is 20.4. The fraction of sp³-hybridized carbons (Fsp3) is 0.0714. The highest BCUT2D eigenvalue weighted by Gasteiger charge is 2.40.